The molecule has 8 nitrogen and oxygen atoms in total. The molecule has 2 amide bonds. The highest BCUT2D eigenvalue weighted by Crippen LogP contribution is 2.21. The maximum atomic E-state index is 13.4. The van der Waals surface area contributed by atoms with E-state index < -0.39 is 11.8 Å². The Morgan fingerprint density at radius 3 is 2.83 bits per heavy atom. The zero-order chi connectivity index (χ0) is 20.2. The lowest BCUT2D eigenvalue weighted by Gasteiger charge is -2.05. The maximum absolute atomic E-state index is 13.4. The van der Waals surface area contributed by atoms with Crippen molar-refractivity contribution >= 4 is 28.1 Å². The number of furan rings is 1. The molecule has 29 heavy (non-hydrogen) atoms. The van der Waals surface area contributed by atoms with Crippen LogP contribution in [0.1, 0.15) is 11.5 Å². The van der Waals surface area contributed by atoms with Crippen LogP contribution in [-0.4, -0.2) is 33.0 Å². The maximum Gasteiger partial charge on any atom is 0.309 e. The lowest BCUT2D eigenvalue weighted by atomic mass is 10.2. The van der Waals surface area contributed by atoms with Gasteiger partial charge in [0.15, 0.2) is 5.82 Å². The first-order chi connectivity index (χ1) is 14.1. The third-order valence-electron chi connectivity index (χ3n) is 4.11. The van der Waals surface area contributed by atoms with Crippen molar-refractivity contribution in [1.29, 1.82) is 0 Å². The van der Waals surface area contributed by atoms with Crippen LogP contribution >= 0.6 is 11.3 Å². The van der Waals surface area contributed by atoms with Crippen molar-refractivity contribution in [2.75, 3.05) is 6.54 Å². The molecular weight excluding hydrogens is 397 g/mol. The van der Waals surface area contributed by atoms with Crippen molar-refractivity contribution in [3.63, 3.8) is 0 Å². The van der Waals surface area contributed by atoms with E-state index in [0.29, 0.717) is 28.5 Å². The van der Waals surface area contributed by atoms with E-state index in [9.17, 15) is 14.0 Å². The van der Waals surface area contributed by atoms with Gasteiger partial charge in [-0.1, -0.05) is 12.1 Å². The van der Waals surface area contributed by atoms with Gasteiger partial charge in [-0.05, 0) is 24.3 Å². The smallest absolute Gasteiger partial charge is 0.309 e. The molecule has 0 aliphatic carbocycles. The number of aromatic nitrogens is 3. The second kappa shape index (κ2) is 8.23. The number of rotatable bonds is 6. The van der Waals surface area contributed by atoms with Crippen LogP contribution in [0.4, 0.5) is 4.39 Å². The van der Waals surface area contributed by atoms with Crippen LogP contribution < -0.4 is 10.6 Å². The van der Waals surface area contributed by atoms with E-state index in [1.54, 1.807) is 28.8 Å². The van der Waals surface area contributed by atoms with Crippen molar-refractivity contribution in [2.24, 2.45) is 0 Å². The highest BCUT2D eigenvalue weighted by atomic mass is 32.1. The third-order valence-corrected chi connectivity index (χ3v) is 4.97. The number of carbonyl (C=O) groups excluding carboxylic acids is 2. The molecule has 148 valence electrons. The van der Waals surface area contributed by atoms with Crippen LogP contribution in [0.15, 0.2) is 52.5 Å². The second-order valence-corrected chi connectivity index (χ2v) is 6.97. The predicted octanol–water partition coefficient (Wildman–Crippen LogP) is 2.16. The number of halogens is 1. The van der Waals surface area contributed by atoms with Crippen molar-refractivity contribution in [3.8, 4) is 11.4 Å². The quantitative estimate of drug-likeness (QED) is 0.472. The minimum atomic E-state index is -0.731. The van der Waals surface area contributed by atoms with Gasteiger partial charge in [0.25, 0.3) is 0 Å². The zero-order valence-corrected chi connectivity index (χ0v) is 15.9. The average molecular weight is 413 g/mol. The number of amides is 2. The van der Waals surface area contributed by atoms with Crippen LogP contribution in [0.2, 0.25) is 0 Å². The summed E-state index contributed by atoms with van der Waals surface area (Å²) in [5, 5.41) is 11.4. The van der Waals surface area contributed by atoms with Gasteiger partial charge in [-0.15, -0.1) is 16.4 Å². The number of nitrogens with one attached hydrogen (secondary N) is 2. The van der Waals surface area contributed by atoms with Gasteiger partial charge in [0.05, 0.1) is 18.5 Å². The number of fused-ring (bicyclic) bond motifs is 1. The van der Waals surface area contributed by atoms with Crippen LogP contribution in [0, 0.1) is 5.82 Å². The SMILES string of the molecule is O=C(NCCc1csc2nc(-c3cccc(F)c3)nn12)C(=O)NCc1ccco1. The van der Waals surface area contributed by atoms with Crippen molar-refractivity contribution in [1.82, 2.24) is 25.2 Å². The molecule has 0 saturated heterocycles. The average Bonchev–Trinajstić information content (AvgIpc) is 3.44. The molecule has 3 heterocycles. The second-order valence-electron chi connectivity index (χ2n) is 6.14. The lowest BCUT2D eigenvalue weighted by Crippen LogP contribution is -2.40. The summed E-state index contributed by atoms with van der Waals surface area (Å²) in [6.45, 7) is 0.403. The Balaban J connectivity index is 1.33. The summed E-state index contributed by atoms with van der Waals surface area (Å²) in [5.41, 5.74) is 1.42. The van der Waals surface area contributed by atoms with Crippen LogP contribution in [0.5, 0.6) is 0 Å². The van der Waals surface area contributed by atoms with Gasteiger partial charge in [-0.25, -0.2) is 8.91 Å². The topological polar surface area (TPSA) is 102 Å². The first kappa shape index (κ1) is 18.8. The molecule has 0 aliphatic rings. The molecule has 0 atom stereocenters. The van der Waals surface area contributed by atoms with Crippen LogP contribution in [0.25, 0.3) is 16.3 Å². The summed E-state index contributed by atoms with van der Waals surface area (Å²) in [6.07, 6.45) is 1.95. The molecule has 4 aromatic rings. The summed E-state index contributed by atoms with van der Waals surface area (Å²) in [6, 6.07) is 9.49. The van der Waals surface area contributed by atoms with Crippen LogP contribution in [-0.2, 0) is 22.6 Å². The van der Waals surface area contributed by atoms with E-state index in [1.807, 2.05) is 5.38 Å². The first-order valence-corrected chi connectivity index (χ1v) is 9.65. The summed E-state index contributed by atoms with van der Waals surface area (Å²) in [7, 11) is 0. The van der Waals surface area contributed by atoms with Gasteiger partial charge in [0.2, 0.25) is 4.96 Å². The van der Waals surface area contributed by atoms with Gasteiger partial charge in [0.1, 0.15) is 11.6 Å². The van der Waals surface area contributed by atoms with Gasteiger partial charge in [0, 0.05) is 23.9 Å². The standard InChI is InChI=1S/C19H16FN5O3S/c20-13-4-1-3-12(9-13)16-23-19-25(24-16)14(11-29-19)6-7-21-17(26)18(27)22-10-15-5-2-8-28-15/h1-5,8-9,11H,6-7,10H2,(H,21,26)(H,22,27). The fraction of sp³-hybridized carbons (Fsp3) is 0.158. The Morgan fingerprint density at radius 2 is 2.03 bits per heavy atom. The Hall–Kier alpha value is -3.53. The fourth-order valence-electron chi connectivity index (χ4n) is 2.69. The van der Waals surface area contributed by atoms with Gasteiger partial charge in [-0.3, -0.25) is 9.59 Å². The van der Waals surface area contributed by atoms with E-state index >= 15 is 0 Å². The predicted molar refractivity (Wildman–Crippen MR) is 104 cm³/mol. The summed E-state index contributed by atoms with van der Waals surface area (Å²) < 4.78 is 20.2. The van der Waals surface area contributed by atoms with E-state index in [0.717, 1.165) is 5.69 Å². The third kappa shape index (κ3) is 4.32. The Kier molecular flexibility index (Phi) is 5.34. The molecule has 0 unspecified atom stereocenters. The molecule has 0 radical (unpaired) electrons. The minimum Gasteiger partial charge on any atom is -0.467 e. The normalized spacial score (nSPS) is 10.9. The number of thiazole rings is 1. The first-order valence-electron chi connectivity index (χ1n) is 8.77. The molecular formula is C19H16FN5O3S. The molecule has 0 spiro atoms. The van der Waals surface area contributed by atoms with Crippen LogP contribution in [0.3, 0.4) is 0 Å². The molecule has 0 aliphatic heterocycles. The number of benzene rings is 1. The van der Waals surface area contributed by atoms with E-state index in [-0.39, 0.29) is 18.9 Å². The fourth-order valence-corrected chi connectivity index (χ4v) is 3.55. The van der Waals surface area contributed by atoms with Crippen molar-refractivity contribution < 1.29 is 18.4 Å². The largest absolute Gasteiger partial charge is 0.467 e. The minimum absolute atomic E-state index is 0.145. The Bertz CT molecular complexity index is 1150. The molecule has 0 fully saturated rings. The van der Waals surface area contributed by atoms with E-state index in [1.165, 1.54) is 29.7 Å². The van der Waals surface area contributed by atoms with Gasteiger partial charge in [-0.2, -0.15) is 4.98 Å². The van der Waals surface area contributed by atoms with E-state index in [4.69, 9.17) is 4.42 Å². The molecule has 0 bridgehead atoms. The van der Waals surface area contributed by atoms with Gasteiger partial charge < -0.3 is 15.1 Å². The molecule has 2 N–H and O–H groups in total. The lowest BCUT2D eigenvalue weighted by molar-refractivity contribution is -0.139. The number of hydrogen-bond donors (Lipinski definition) is 2. The summed E-state index contributed by atoms with van der Waals surface area (Å²) >= 11 is 1.40. The highest BCUT2D eigenvalue weighted by molar-refractivity contribution is 7.15. The zero-order valence-electron chi connectivity index (χ0n) is 15.1. The van der Waals surface area contributed by atoms with Crippen molar-refractivity contribution in [3.05, 3.63) is 65.3 Å². The van der Waals surface area contributed by atoms with Gasteiger partial charge >= 0.3 is 11.8 Å². The molecule has 0 saturated carbocycles. The highest BCUT2D eigenvalue weighted by Gasteiger charge is 2.15. The molecule has 1 aromatic carbocycles. The number of nitrogens with zero attached hydrogens (tertiary/aromatic N) is 3. The molecule has 10 heteroatoms. The number of carbonyl (C=O) groups is 2. The summed E-state index contributed by atoms with van der Waals surface area (Å²) in [4.78, 5) is 28.8. The summed E-state index contributed by atoms with van der Waals surface area (Å²) in [5.74, 6) is -0.812. The Labute approximate surface area is 168 Å². The monoisotopic (exact) mass is 413 g/mol. The number of hydrogen-bond acceptors (Lipinski definition) is 6. The van der Waals surface area contributed by atoms with Crippen molar-refractivity contribution in [2.45, 2.75) is 13.0 Å². The molecule has 4 rings (SSSR count). The molecule has 3 aromatic heterocycles. The van der Waals surface area contributed by atoms with E-state index in [2.05, 4.69) is 20.7 Å². The Morgan fingerprint density at radius 1 is 1.17 bits per heavy atom.